The van der Waals surface area contributed by atoms with Gasteiger partial charge in [-0.3, -0.25) is 0 Å². The van der Waals surface area contributed by atoms with Gasteiger partial charge in [0.2, 0.25) is 0 Å². The van der Waals surface area contributed by atoms with Crippen molar-refractivity contribution in [3.05, 3.63) is 29.6 Å². The molecule has 88 valence electrons. The Labute approximate surface area is 92.7 Å². The van der Waals surface area contributed by atoms with Crippen LogP contribution < -0.4 is 5.32 Å². The molecule has 0 aliphatic carbocycles. The zero-order valence-electron chi connectivity index (χ0n) is 9.12. The fraction of sp³-hybridized carbons (Fsp3) is 0.364. The number of hydrogen-bond donors (Lipinski definition) is 3. The summed E-state index contributed by atoms with van der Waals surface area (Å²) in [6.45, 7) is 3.17. The fourth-order valence-corrected chi connectivity index (χ4v) is 1.16. The quantitative estimate of drug-likeness (QED) is 0.732. The molecule has 1 aromatic carbocycles. The molecule has 0 aliphatic heterocycles. The molecule has 0 saturated carbocycles. The third-order valence-electron chi connectivity index (χ3n) is 2.08. The van der Waals surface area contributed by atoms with Gasteiger partial charge in [-0.2, -0.15) is 0 Å². The number of carbonyl (C=O) groups is 1. The Morgan fingerprint density at radius 2 is 2.12 bits per heavy atom. The van der Waals surface area contributed by atoms with E-state index in [0.717, 1.165) is 6.07 Å². The first-order valence-electron chi connectivity index (χ1n) is 4.77. The molecule has 0 fully saturated rings. The van der Waals surface area contributed by atoms with Gasteiger partial charge in [0.15, 0.2) is 0 Å². The summed E-state index contributed by atoms with van der Waals surface area (Å²) in [6, 6.07) is 3.48. The molecule has 4 nitrogen and oxygen atoms in total. The van der Waals surface area contributed by atoms with Crippen LogP contribution in [0.5, 0.6) is 0 Å². The van der Waals surface area contributed by atoms with Crippen molar-refractivity contribution in [1.82, 2.24) is 0 Å². The maximum atomic E-state index is 13.4. The van der Waals surface area contributed by atoms with Crippen LogP contribution in [-0.2, 0) is 0 Å². The molecule has 0 spiro atoms. The van der Waals surface area contributed by atoms with Crippen LogP contribution in [0, 0.1) is 5.82 Å². The highest BCUT2D eigenvalue weighted by Gasteiger charge is 2.18. The van der Waals surface area contributed by atoms with Crippen molar-refractivity contribution in [2.75, 3.05) is 11.9 Å². The van der Waals surface area contributed by atoms with Crippen LogP contribution in [0.1, 0.15) is 24.2 Å². The van der Waals surface area contributed by atoms with E-state index >= 15 is 0 Å². The lowest BCUT2D eigenvalue weighted by atomic mass is 10.1. The van der Waals surface area contributed by atoms with Gasteiger partial charge in [0.05, 0.1) is 23.4 Å². The molecule has 0 aliphatic rings. The maximum absolute atomic E-state index is 13.4. The van der Waals surface area contributed by atoms with Crippen molar-refractivity contribution in [3.8, 4) is 0 Å². The third-order valence-corrected chi connectivity index (χ3v) is 2.08. The Balaban J connectivity index is 3.03. The molecule has 3 N–H and O–H groups in total. The second-order valence-electron chi connectivity index (χ2n) is 4.17. The van der Waals surface area contributed by atoms with Crippen LogP contribution in [0.2, 0.25) is 0 Å². The summed E-state index contributed by atoms with van der Waals surface area (Å²) in [6.07, 6.45) is 0. The Morgan fingerprint density at radius 1 is 1.50 bits per heavy atom. The minimum atomic E-state index is -1.12. The number of halogens is 1. The number of aliphatic hydroxyl groups is 1. The maximum Gasteiger partial charge on any atom is 0.335 e. The number of benzene rings is 1. The van der Waals surface area contributed by atoms with Gasteiger partial charge >= 0.3 is 5.97 Å². The van der Waals surface area contributed by atoms with Crippen molar-refractivity contribution >= 4 is 11.7 Å². The normalized spacial score (nSPS) is 11.2. The average molecular weight is 227 g/mol. The molecule has 5 heteroatoms. The summed E-state index contributed by atoms with van der Waals surface area (Å²) in [7, 11) is 0. The van der Waals surface area contributed by atoms with E-state index in [-0.39, 0.29) is 17.9 Å². The third kappa shape index (κ3) is 2.93. The molecule has 1 aromatic rings. The molecule has 0 bridgehead atoms. The molecule has 0 saturated heterocycles. The summed E-state index contributed by atoms with van der Waals surface area (Å²) in [5.41, 5.74) is -0.644. The van der Waals surface area contributed by atoms with E-state index in [4.69, 9.17) is 10.2 Å². The smallest absolute Gasteiger partial charge is 0.335 e. The Kier molecular flexibility index (Phi) is 3.49. The van der Waals surface area contributed by atoms with Gasteiger partial charge in [-0.15, -0.1) is 0 Å². The molecule has 16 heavy (non-hydrogen) atoms. The molecule has 1 rings (SSSR count). The molecule has 0 heterocycles. The van der Waals surface area contributed by atoms with Crippen LogP contribution in [0.25, 0.3) is 0 Å². The van der Waals surface area contributed by atoms with E-state index < -0.39 is 17.3 Å². The van der Waals surface area contributed by atoms with Crippen molar-refractivity contribution in [2.24, 2.45) is 0 Å². The second kappa shape index (κ2) is 4.49. The number of carboxylic acid groups (broad SMARTS) is 1. The van der Waals surface area contributed by atoms with E-state index in [9.17, 15) is 9.18 Å². The van der Waals surface area contributed by atoms with Gasteiger partial charge in [0, 0.05) is 0 Å². The summed E-state index contributed by atoms with van der Waals surface area (Å²) >= 11 is 0. The van der Waals surface area contributed by atoms with E-state index in [0.29, 0.717) is 0 Å². The number of carboxylic acids is 1. The zero-order valence-corrected chi connectivity index (χ0v) is 9.12. The fourth-order valence-electron chi connectivity index (χ4n) is 1.16. The number of nitrogens with one attached hydrogen (secondary N) is 1. The van der Waals surface area contributed by atoms with E-state index in [1.807, 2.05) is 0 Å². The van der Waals surface area contributed by atoms with Crippen LogP contribution in [0.4, 0.5) is 10.1 Å². The first kappa shape index (κ1) is 12.4. The molecule has 0 radical (unpaired) electrons. The van der Waals surface area contributed by atoms with Crippen LogP contribution >= 0.6 is 0 Å². The van der Waals surface area contributed by atoms with Crippen molar-refractivity contribution in [1.29, 1.82) is 0 Å². The number of aliphatic hydroxyl groups excluding tert-OH is 1. The van der Waals surface area contributed by atoms with E-state index in [1.165, 1.54) is 12.1 Å². The van der Waals surface area contributed by atoms with Gasteiger partial charge < -0.3 is 15.5 Å². The van der Waals surface area contributed by atoms with E-state index in [2.05, 4.69) is 5.32 Å². The first-order chi connectivity index (χ1) is 7.35. The molecule has 0 amide bonds. The van der Waals surface area contributed by atoms with Gasteiger partial charge in [0.25, 0.3) is 0 Å². The summed E-state index contributed by atoms with van der Waals surface area (Å²) < 4.78 is 13.4. The van der Waals surface area contributed by atoms with Crippen molar-refractivity contribution in [2.45, 2.75) is 19.4 Å². The Morgan fingerprint density at radius 3 is 2.62 bits per heavy atom. The van der Waals surface area contributed by atoms with E-state index in [1.54, 1.807) is 13.8 Å². The molecular formula is C11H14FNO3. The van der Waals surface area contributed by atoms with Gasteiger partial charge in [-0.1, -0.05) is 0 Å². The first-order valence-corrected chi connectivity index (χ1v) is 4.77. The highest BCUT2D eigenvalue weighted by atomic mass is 19.1. The Bertz CT molecular complexity index is 404. The van der Waals surface area contributed by atoms with Gasteiger partial charge in [-0.25, -0.2) is 9.18 Å². The number of aromatic carboxylic acids is 1. The second-order valence-corrected chi connectivity index (χ2v) is 4.17. The van der Waals surface area contributed by atoms with Gasteiger partial charge in [0.1, 0.15) is 5.82 Å². The Hall–Kier alpha value is -1.62. The number of anilines is 1. The lowest BCUT2D eigenvalue weighted by Crippen LogP contribution is -2.35. The largest absolute Gasteiger partial charge is 0.478 e. The summed E-state index contributed by atoms with van der Waals surface area (Å²) in [5.74, 6) is -1.67. The van der Waals surface area contributed by atoms with Crippen LogP contribution in [0.15, 0.2) is 18.2 Å². The molecular weight excluding hydrogens is 213 g/mol. The summed E-state index contributed by atoms with van der Waals surface area (Å²) in [4.78, 5) is 10.7. The lowest BCUT2D eigenvalue weighted by molar-refractivity contribution is 0.0697. The molecule has 0 unspecified atom stereocenters. The molecule has 0 atom stereocenters. The average Bonchev–Trinajstić information content (AvgIpc) is 2.21. The lowest BCUT2D eigenvalue weighted by Gasteiger charge is -2.25. The monoisotopic (exact) mass is 227 g/mol. The zero-order chi connectivity index (χ0) is 12.3. The van der Waals surface area contributed by atoms with Gasteiger partial charge in [-0.05, 0) is 32.0 Å². The topological polar surface area (TPSA) is 69.6 Å². The summed E-state index contributed by atoms with van der Waals surface area (Å²) in [5, 5.41) is 20.5. The van der Waals surface area contributed by atoms with Crippen LogP contribution in [-0.4, -0.2) is 28.3 Å². The SMILES string of the molecule is CC(C)(CO)Nc1cc(C(=O)O)ccc1F. The highest BCUT2D eigenvalue weighted by molar-refractivity contribution is 5.88. The minimum Gasteiger partial charge on any atom is -0.478 e. The predicted molar refractivity (Wildman–Crippen MR) is 58.1 cm³/mol. The van der Waals surface area contributed by atoms with Crippen molar-refractivity contribution in [3.63, 3.8) is 0 Å². The van der Waals surface area contributed by atoms with Crippen molar-refractivity contribution < 1.29 is 19.4 Å². The standard InChI is InChI=1S/C11H14FNO3/c1-11(2,6-14)13-9-5-7(10(15)16)3-4-8(9)12/h3-5,13-14H,6H2,1-2H3,(H,15,16). The number of hydrogen-bond acceptors (Lipinski definition) is 3. The molecule has 0 aromatic heterocycles. The minimum absolute atomic E-state index is 0.00219. The number of rotatable bonds is 4. The predicted octanol–water partition coefficient (Wildman–Crippen LogP) is 1.71. The van der Waals surface area contributed by atoms with Crippen LogP contribution in [0.3, 0.4) is 0 Å². The highest BCUT2D eigenvalue weighted by Crippen LogP contribution is 2.20.